The third kappa shape index (κ3) is 1.93. The highest BCUT2D eigenvalue weighted by Crippen LogP contribution is 2.31. The molecule has 4 rings (SSSR count). The molecule has 1 aromatic heterocycles. The van der Waals surface area contributed by atoms with E-state index in [1.807, 2.05) is 36.4 Å². The highest BCUT2D eigenvalue weighted by atomic mass is 16.3. The number of aromatic nitrogens is 2. The Kier molecular flexibility index (Phi) is 2.69. The lowest BCUT2D eigenvalue weighted by atomic mass is 10.1. The average molecular weight is 288 g/mol. The molecule has 0 saturated heterocycles. The van der Waals surface area contributed by atoms with Crippen molar-refractivity contribution in [3.8, 4) is 17.1 Å². The van der Waals surface area contributed by atoms with Crippen LogP contribution in [0.2, 0.25) is 0 Å². The van der Waals surface area contributed by atoms with Gasteiger partial charge in [-0.3, -0.25) is 4.79 Å². The van der Waals surface area contributed by atoms with Crippen molar-refractivity contribution in [2.24, 2.45) is 0 Å². The summed E-state index contributed by atoms with van der Waals surface area (Å²) >= 11 is 0. The summed E-state index contributed by atoms with van der Waals surface area (Å²) in [4.78, 5) is 19.4. The molecule has 0 spiro atoms. The van der Waals surface area contributed by atoms with Gasteiger partial charge in [0.2, 0.25) is 0 Å². The highest BCUT2D eigenvalue weighted by Gasteiger charge is 2.10. The monoisotopic (exact) mass is 288 g/mol. The molecule has 0 radical (unpaired) electrons. The van der Waals surface area contributed by atoms with Gasteiger partial charge in [0.25, 0.3) is 5.56 Å². The van der Waals surface area contributed by atoms with Gasteiger partial charge >= 0.3 is 0 Å². The molecule has 0 aliphatic rings. The topological polar surface area (TPSA) is 66.0 Å². The fourth-order valence-electron chi connectivity index (χ4n) is 2.63. The van der Waals surface area contributed by atoms with E-state index in [1.54, 1.807) is 24.3 Å². The number of rotatable bonds is 1. The maximum absolute atomic E-state index is 12.2. The molecule has 4 nitrogen and oxygen atoms in total. The van der Waals surface area contributed by atoms with Crippen molar-refractivity contribution in [3.05, 3.63) is 71.0 Å². The quantitative estimate of drug-likeness (QED) is 0.564. The zero-order chi connectivity index (χ0) is 15.1. The first-order valence-corrected chi connectivity index (χ1v) is 6.93. The van der Waals surface area contributed by atoms with Crippen molar-refractivity contribution >= 4 is 21.7 Å². The summed E-state index contributed by atoms with van der Waals surface area (Å²) in [7, 11) is 0. The van der Waals surface area contributed by atoms with Crippen LogP contribution in [0.25, 0.3) is 33.1 Å². The minimum atomic E-state index is -0.215. The van der Waals surface area contributed by atoms with Crippen LogP contribution >= 0.6 is 0 Å². The van der Waals surface area contributed by atoms with E-state index in [-0.39, 0.29) is 11.3 Å². The Morgan fingerprint density at radius 2 is 1.59 bits per heavy atom. The minimum absolute atomic E-state index is 0.0946. The lowest BCUT2D eigenvalue weighted by Crippen LogP contribution is -2.09. The first-order valence-electron chi connectivity index (χ1n) is 6.93. The number of phenolic OH excluding ortho intramolecular Hbond substituents is 1. The average Bonchev–Trinajstić information content (AvgIpc) is 2.54. The van der Waals surface area contributed by atoms with Crippen LogP contribution in [0.1, 0.15) is 0 Å². The van der Waals surface area contributed by atoms with E-state index in [0.29, 0.717) is 22.3 Å². The van der Waals surface area contributed by atoms with Gasteiger partial charge in [0.15, 0.2) is 0 Å². The van der Waals surface area contributed by atoms with Crippen LogP contribution in [0.15, 0.2) is 65.5 Å². The molecule has 0 atom stereocenters. The van der Waals surface area contributed by atoms with Crippen LogP contribution in [0, 0.1) is 0 Å². The Labute approximate surface area is 125 Å². The van der Waals surface area contributed by atoms with E-state index in [1.165, 1.54) is 0 Å². The number of hydrogen-bond acceptors (Lipinski definition) is 3. The van der Waals surface area contributed by atoms with Crippen molar-refractivity contribution in [2.75, 3.05) is 0 Å². The third-order valence-corrected chi connectivity index (χ3v) is 3.73. The molecular formula is C18H12N2O2. The van der Waals surface area contributed by atoms with Gasteiger partial charge in [-0.05, 0) is 35.0 Å². The second-order valence-corrected chi connectivity index (χ2v) is 5.15. The summed E-state index contributed by atoms with van der Waals surface area (Å²) in [6.07, 6.45) is 0. The molecule has 0 aliphatic heterocycles. The summed E-state index contributed by atoms with van der Waals surface area (Å²) in [5.41, 5.74) is 0.906. The number of nitrogens with zero attached hydrogens (tertiary/aromatic N) is 1. The zero-order valence-electron chi connectivity index (χ0n) is 11.6. The Balaban J connectivity index is 2.02. The fraction of sp³-hybridized carbons (Fsp3) is 0. The number of fused-ring (bicyclic) bond motifs is 2. The molecule has 4 aromatic rings. The van der Waals surface area contributed by atoms with E-state index in [4.69, 9.17) is 0 Å². The van der Waals surface area contributed by atoms with Gasteiger partial charge in [-0.25, -0.2) is 4.98 Å². The van der Waals surface area contributed by atoms with Gasteiger partial charge in [-0.2, -0.15) is 0 Å². The molecule has 0 bridgehead atoms. The molecule has 2 N–H and O–H groups in total. The molecule has 0 saturated carbocycles. The molecule has 0 aliphatic carbocycles. The van der Waals surface area contributed by atoms with Crippen molar-refractivity contribution in [3.63, 3.8) is 0 Å². The molecule has 0 fully saturated rings. The summed E-state index contributed by atoms with van der Waals surface area (Å²) < 4.78 is 0. The predicted octanol–water partition coefficient (Wildman–Crippen LogP) is 3.45. The lowest BCUT2D eigenvalue weighted by molar-refractivity contribution is 0.477. The number of H-pyrrole nitrogens is 1. The highest BCUT2D eigenvalue weighted by molar-refractivity contribution is 5.90. The van der Waals surface area contributed by atoms with Crippen molar-refractivity contribution in [2.45, 2.75) is 0 Å². The van der Waals surface area contributed by atoms with E-state index < -0.39 is 0 Å². The van der Waals surface area contributed by atoms with Gasteiger partial charge in [0.1, 0.15) is 11.6 Å². The molecule has 0 amide bonds. The van der Waals surface area contributed by atoms with E-state index in [2.05, 4.69) is 9.97 Å². The number of hydrogen-bond donors (Lipinski definition) is 2. The Hall–Kier alpha value is -3.14. The van der Waals surface area contributed by atoms with Crippen molar-refractivity contribution < 1.29 is 5.11 Å². The number of phenols is 1. The van der Waals surface area contributed by atoms with E-state index in [9.17, 15) is 9.90 Å². The van der Waals surface area contributed by atoms with Crippen LogP contribution < -0.4 is 5.56 Å². The molecule has 3 aromatic carbocycles. The first kappa shape index (κ1) is 12.6. The second-order valence-electron chi connectivity index (χ2n) is 5.15. The van der Waals surface area contributed by atoms with Crippen molar-refractivity contribution in [1.29, 1.82) is 0 Å². The molecule has 1 heterocycles. The largest absolute Gasteiger partial charge is 0.507 e. The van der Waals surface area contributed by atoms with Crippen LogP contribution in [0.5, 0.6) is 5.75 Å². The Bertz CT molecular complexity index is 1070. The number of nitrogens with one attached hydrogen (secondary N) is 1. The zero-order valence-corrected chi connectivity index (χ0v) is 11.6. The maximum atomic E-state index is 12.2. The molecule has 106 valence electrons. The van der Waals surface area contributed by atoms with Crippen LogP contribution in [-0.4, -0.2) is 15.1 Å². The third-order valence-electron chi connectivity index (χ3n) is 3.73. The van der Waals surface area contributed by atoms with Crippen LogP contribution in [0.3, 0.4) is 0 Å². The molecule has 4 heteroatoms. The minimum Gasteiger partial charge on any atom is -0.507 e. The fourth-order valence-corrected chi connectivity index (χ4v) is 2.63. The summed E-state index contributed by atoms with van der Waals surface area (Å²) in [6, 6.07) is 18.4. The van der Waals surface area contributed by atoms with Gasteiger partial charge in [0, 0.05) is 0 Å². The van der Waals surface area contributed by atoms with E-state index in [0.717, 1.165) is 10.8 Å². The standard InChI is InChI=1S/C18H12N2O2/c21-16-10-12-6-2-1-5-11(12)9-14(16)17-19-15-8-4-3-7-13(15)18(22)20-17/h1-10,21H,(H,19,20,22). The van der Waals surface area contributed by atoms with Gasteiger partial charge in [0.05, 0.1) is 16.5 Å². The number of aromatic amines is 1. The first-order chi connectivity index (χ1) is 10.7. The van der Waals surface area contributed by atoms with Crippen LogP contribution in [0.4, 0.5) is 0 Å². The smallest absolute Gasteiger partial charge is 0.259 e. The second kappa shape index (κ2) is 4.70. The Morgan fingerprint density at radius 1 is 0.909 bits per heavy atom. The van der Waals surface area contributed by atoms with Gasteiger partial charge in [-0.15, -0.1) is 0 Å². The van der Waals surface area contributed by atoms with E-state index >= 15 is 0 Å². The predicted molar refractivity (Wildman–Crippen MR) is 87.0 cm³/mol. The number of aromatic hydroxyl groups is 1. The normalized spacial score (nSPS) is 11.1. The lowest BCUT2D eigenvalue weighted by Gasteiger charge is -2.07. The molecular weight excluding hydrogens is 276 g/mol. The summed E-state index contributed by atoms with van der Waals surface area (Å²) in [6.45, 7) is 0. The number of para-hydroxylation sites is 1. The molecule has 0 unspecified atom stereocenters. The molecule has 22 heavy (non-hydrogen) atoms. The SMILES string of the molecule is O=c1[nH]c(-c2cc3ccccc3cc2O)nc2ccccc12. The summed E-state index contributed by atoms with van der Waals surface area (Å²) in [5, 5.41) is 12.7. The van der Waals surface area contributed by atoms with Crippen molar-refractivity contribution in [1.82, 2.24) is 9.97 Å². The Morgan fingerprint density at radius 3 is 2.41 bits per heavy atom. The summed E-state index contributed by atoms with van der Waals surface area (Å²) in [5.74, 6) is 0.462. The van der Waals surface area contributed by atoms with Gasteiger partial charge < -0.3 is 10.1 Å². The number of benzene rings is 3. The maximum Gasteiger partial charge on any atom is 0.259 e. The van der Waals surface area contributed by atoms with Gasteiger partial charge in [-0.1, -0.05) is 36.4 Å². The van der Waals surface area contributed by atoms with Crippen LogP contribution in [-0.2, 0) is 0 Å².